The summed E-state index contributed by atoms with van der Waals surface area (Å²) in [5.41, 5.74) is -0.749. The van der Waals surface area contributed by atoms with Crippen LogP contribution in [-0.4, -0.2) is 15.7 Å². The fraction of sp³-hybridized carbons (Fsp3) is 0. The zero-order chi connectivity index (χ0) is 17.2. The van der Waals surface area contributed by atoms with Gasteiger partial charge in [-0.15, -0.1) is 0 Å². The maximum atomic E-state index is 13.8. The van der Waals surface area contributed by atoms with Crippen molar-refractivity contribution < 1.29 is 19.6 Å². The molecule has 0 amide bonds. The Morgan fingerprint density at radius 2 is 1.25 bits per heavy atom. The summed E-state index contributed by atoms with van der Waals surface area (Å²) >= 11 is 0. The van der Waals surface area contributed by atoms with Crippen molar-refractivity contribution in [3.05, 3.63) is 84.4 Å². The summed E-state index contributed by atoms with van der Waals surface area (Å²) in [4.78, 5) is 13.1. The maximum Gasteiger partial charge on any atom is 0.233 e. The largest absolute Gasteiger partial charge is 0.508 e. The molecule has 0 bridgehead atoms. The van der Waals surface area contributed by atoms with Gasteiger partial charge in [0.2, 0.25) is 12.7 Å². The number of hydrogen-bond donors (Lipinski definition) is 2. The zero-order valence-corrected chi connectivity index (χ0v) is 13.6. The van der Waals surface area contributed by atoms with E-state index >= 15 is 0 Å². The van der Waals surface area contributed by atoms with Gasteiger partial charge in [-0.2, -0.15) is 0 Å². The normalized spacial score (nSPS) is 11.2. The van der Waals surface area contributed by atoms with Crippen molar-refractivity contribution in [2.45, 2.75) is 0 Å². The second-order valence-corrected chi connectivity index (χ2v) is 7.94. The van der Waals surface area contributed by atoms with E-state index in [1.807, 2.05) is 0 Å². The van der Waals surface area contributed by atoms with Gasteiger partial charge in [0, 0.05) is 16.7 Å². The molecule has 0 fully saturated rings. The third kappa shape index (κ3) is 2.72. The molecule has 0 saturated carbocycles. The van der Waals surface area contributed by atoms with Crippen LogP contribution in [0.4, 0.5) is 0 Å². The molecule has 3 aromatic rings. The van der Waals surface area contributed by atoms with Gasteiger partial charge >= 0.3 is 0 Å². The number of benzene rings is 3. The van der Waals surface area contributed by atoms with Crippen LogP contribution in [0.1, 0.15) is 10.4 Å². The van der Waals surface area contributed by atoms with Gasteiger partial charge in [-0.3, -0.25) is 4.79 Å². The molecule has 0 heterocycles. The Labute approximate surface area is 139 Å². The number of phenolic OH excluding ortho intramolecular Hbond substituents is 2. The van der Waals surface area contributed by atoms with Crippen LogP contribution in [0.25, 0.3) is 0 Å². The number of carbonyl (C=O) groups excluding carboxylic acids is 1. The van der Waals surface area contributed by atoms with Crippen molar-refractivity contribution in [3.63, 3.8) is 0 Å². The molecule has 0 aliphatic rings. The highest BCUT2D eigenvalue weighted by atomic mass is 31.2. The standard InChI is InChI=1S/C19H15O4P/c20-14-11-12-17(18(21)13-14)19(22)24(23,15-7-3-1-4-8-15)16-9-5-2-6-10-16/h1-13,20-21H. The molecule has 0 atom stereocenters. The molecule has 5 heteroatoms. The predicted molar refractivity (Wildman–Crippen MR) is 93.9 cm³/mol. The smallest absolute Gasteiger partial charge is 0.233 e. The lowest BCUT2D eigenvalue weighted by Crippen LogP contribution is -2.22. The van der Waals surface area contributed by atoms with Gasteiger partial charge in [0.1, 0.15) is 11.5 Å². The minimum absolute atomic E-state index is 0.0798. The lowest BCUT2D eigenvalue weighted by atomic mass is 10.2. The van der Waals surface area contributed by atoms with E-state index in [9.17, 15) is 19.6 Å². The minimum Gasteiger partial charge on any atom is -0.508 e. The van der Waals surface area contributed by atoms with Crippen molar-refractivity contribution in [1.29, 1.82) is 0 Å². The minimum atomic E-state index is -3.66. The molecule has 0 unspecified atom stereocenters. The van der Waals surface area contributed by atoms with Gasteiger partial charge in [0.15, 0.2) is 0 Å². The lowest BCUT2D eigenvalue weighted by Gasteiger charge is -2.18. The average molecular weight is 338 g/mol. The van der Waals surface area contributed by atoms with E-state index in [1.54, 1.807) is 60.7 Å². The summed E-state index contributed by atoms with van der Waals surface area (Å²) in [5.74, 6) is -0.564. The summed E-state index contributed by atoms with van der Waals surface area (Å²) in [6.45, 7) is 0. The van der Waals surface area contributed by atoms with Crippen LogP contribution in [0.2, 0.25) is 0 Å². The Morgan fingerprint density at radius 3 is 1.71 bits per heavy atom. The number of aromatic hydroxyl groups is 2. The Morgan fingerprint density at radius 1 is 0.750 bits per heavy atom. The molecule has 3 aromatic carbocycles. The van der Waals surface area contributed by atoms with Crippen molar-refractivity contribution >= 4 is 23.3 Å². The van der Waals surface area contributed by atoms with Gasteiger partial charge in [-0.1, -0.05) is 60.7 Å². The monoisotopic (exact) mass is 338 g/mol. The Balaban J connectivity index is 2.23. The molecule has 0 aliphatic heterocycles. The average Bonchev–Trinajstić information content (AvgIpc) is 2.62. The third-order valence-corrected chi connectivity index (χ3v) is 6.60. The van der Waals surface area contributed by atoms with Gasteiger partial charge in [0.05, 0.1) is 5.56 Å². The molecule has 2 N–H and O–H groups in total. The van der Waals surface area contributed by atoms with Crippen molar-refractivity contribution in [3.8, 4) is 11.5 Å². The molecule has 0 aliphatic carbocycles. The van der Waals surface area contributed by atoms with Crippen LogP contribution in [-0.2, 0) is 4.57 Å². The van der Waals surface area contributed by atoms with E-state index in [0.29, 0.717) is 10.6 Å². The first kappa shape index (κ1) is 16.0. The maximum absolute atomic E-state index is 13.8. The van der Waals surface area contributed by atoms with E-state index in [-0.39, 0.29) is 11.3 Å². The molecule has 0 aromatic heterocycles. The molecule has 4 nitrogen and oxygen atoms in total. The Kier molecular flexibility index (Phi) is 4.24. The van der Waals surface area contributed by atoms with E-state index in [4.69, 9.17) is 0 Å². The number of rotatable bonds is 4. The first-order chi connectivity index (χ1) is 11.5. The summed E-state index contributed by atoms with van der Waals surface area (Å²) in [5, 5.41) is 20.2. The molecule has 120 valence electrons. The van der Waals surface area contributed by atoms with Crippen LogP contribution in [0.5, 0.6) is 11.5 Å². The van der Waals surface area contributed by atoms with Crippen LogP contribution < -0.4 is 10.6 Å². The molecule has 0 spiro atoms. The first-order valence-corrected chi connectivity index (χ1v) is 9.02. The number of carbonyl (C=O) groups is 1. The first-order valence-electron chi connectivity index (χ1n) is 7.31. The van der Waals surface area contributed by atoms with Crippen LogP contribution >= 0.6 is 7.14 Å². The molecule has 0 radical (unpaired) electrons. The number of hydrogen-bond acceptors (Lipinski definition) is 4. The quantitative estimate of drug-likeness (QED) is 0.716. The molecule has 0 saturated heterocycles. The second-order valence-electron chi connectivity index (χ2n) is 5.29. The fourth-order valence-corrected chi connectivity index (χ4v) is 5.01. The fourth-order valence-electron chi connectivity index (χ4n) is 2.53. The summed E-state index contributed by atoms with van der Waals surface area (Å²) in [6, 6.07) is 20.6. The van der Waals surface area contributed by atoms with Crippen LogP contribution in [0.3, 0.4) is 0 Å². The van der Waals surface area contributed by atoms with Gasteiger partial charge < -0.3 is 14.8 Å². The van der Waals surface area contributed by atoms with E-state index < -0.39 is 18.4 Å². The van der Waals surface area contributed by atoms with E-state index in [1.165, 1.54) is 12.1 Å². The summed E-state index contributed by atoms with van der Waals surface area (Å²) < 4.78 is 13.8. The van der Waals surface area contributed by atoms with Crippen molar-refractivity contribution in [1.82, 2.24) is 0 Å². The third-order valence-electron chi connectivity index (χ3n) is 3.74. The van der Waals surface area contributed by atoms with Crippen LogP contribution in [0.15, 0.2) is 78.9 Å². The summed E-state index contributed by atoms with van der Waals surface area (Å²) in [6.07, 6.45) is 0. The SMILES string of the molecule is O=C(c1ccc(O)cc1O)P(=O)(c1ccccc1)c1ccccc1. The zero-order valence-electron chi connectivity index (χ0n) is 12.7. The van der Waals surface area contributed by atoms with E-state index in [2.05, 4.69) is 0 Å². The predicted octanol–water partition coefficient (Wildman–Crippen LogP) is 3.25. The second kappa shape index (κ2) is 6.34. The van der Waals surface area contributed by atoms with Crippen molar-refractivity contribution in [2.75, 3.05) is 0 Å². The molecular weight excluding hydrogens is 323 g/mol. The molecular formula is C19H15O4P. The van der Waals surface area contributed by atoms with Gasteiger partial charge in [-0.25, -0.2) is 0 Å². The highest BCUT2D eigenvalue weighted by Gasteiger charge is 2.37. The van der Waals surface area contributed by atoms with Gasteiger partial charge in [0.25, 0.3) is 0 Å². The highest BCUT2D eigenvalue weighted by Crippen LogP contribution is 2.48. The Hall–Kier alpha value is -2.84. The van der Waals surface area contributed by atoms with Crippen LogP contribution in [0, 0.1) is 0 Å². The van der Waals surface area contributed by atoms with E-state index in [0.717, 1.165) is 6.07 Å². The highest BCUT2D eigenvalue weighted by molar-refractivity contribution is 7.93. The molecule has 24 heavy (non-hydrogen) atoms. The van der Waals surface area contributed by atoms with Crippen molar-refractivity contribution in [2.24, 2.45) is 0 Å². The lowest BCUT2D eigenvalue weighted by molar-refractivity contribution is 0.107. The number of phenols is 2. The molecule has 3 rings (SSSR count). The Bertz CT molecular complexity index is 877. The summed E-state index contributed by atoms with van der Waals surface area (Å²) in [7, 11) is -3.66. The topological polar surface area (TPSA) is 74.6 Å². The van der Waals surface area contributed by atoms with Gasteiger partial charge in [-0.05, 0) is 12.1 Å².